The Labute approximate surface area is 142 Å². The molecule has 3 rings (SSSR count). The lowest BCUT2D eigenvalue weighted by atomic mass is 10.0. The normalized spacial score (nSPS) is 20.4. The smallest absolute Gasteiger partial charge is 0.205 e. The van der Waals surface area contributed by atoms with Gasteiger partial charge in [-0.25, -0.2) is 0 Å². The van der Waals surface area contributed by atoms with Crippen LogP contribution in [-0.4, -0.2) is 49.3 Å². The third kappa shape index (κ3) is 4.03. The number of carbonyl (C=O) groups excluding carboxylic acids is 2. The number of fused-ring (bicyclic) bond motifs is 1. The Morgan fingerprint density at radius 2 is 1.92 bits per heavy atom. The highest BCUT2D eigenvalue weighted by atomic mass is 16.5. The van der Waals surface area contributed by atoms with Crippen molar-refractivity contribution in [3.63, 3.8) is 0 Å². The number of para-hydroxylation sites is 1. The van der Waals surface area contributed by atoms with Crippen LogP contribution in [0.3, 0.4) is 0 Å². The van der Waals surface area contributed by atoms with Crippen LogP contribution in [0.4, 0.5) is 0 Å². The number of nitrogens with zero attached hydrogens (tertiary/aromatic N) is 1. The van der Waals surface area contributed by atoms with Gasteiger partial charge in [0.05, 0.1) is 11.1 Å². The lowest BCUT2D eigenvalue weighted by molar-refractivity contribution is -0.117. The van der Waals surface area contributed by atoms with E-state index in [-0.39, 0.29) is 23.7 Å². The number of carbonyl (C=O) groups is 2. The number of rotatable bonds is 5. The van der Waals surface area contributed by atoms with Crippen LogP contribution in [0.2, 0.25) is 0 Å². The molecule has 0 spiro atoms. The summed E-state index contributed by atoms with van der Waals surface area (Å²) in [6.07, 6.45) is 6.49. The summed E-state index contributed by atoms with van der Waals surface area (Å²) in [4.78, 5) is 27.2. The summed E-state index contributed by atoms with van der Waals surface area (Å²) >= 11 is 0. The van der Waals surface area contributed by atoms with Gasteiger partial charge in [0.1, 0.15) is 5.75 Å². The van der Waals surface area contributed by atoms with Crippen molar-refractivity contribution in [3.8, 4) is 5.75 Å². The number of Topliss-reactive ketones (excluding diaryl/α,β-unsaturated/α-hetero) is 2. The maximum absolute atomic E-state index is 12.5. The Bertz CT molecular complexity index is 633. The van der Waals surface area contributed by atoms with Crippen molar-refractivity contribution in [2.45, 2.75) is 25.7 Å². The molecule has 0 radical (unpaired) electrons. The zero-order chi connectivity index (χ0) is 16.8. The first-order valence-electron chi connectivity index (χ1n) is 8.71. The number of ether oxygens (including phenoxy) is 1. The standard InChI is InChI=1S/C19H24N2O3/c22-17-14-24-18-8-3-2-7-15(18)19(23)16(17)13-20-9-6-12-21-10-4-1-5-11-21/h2-3,7-8,13,20H,1,4-6,9-12,14H2. The van der Waals surface area contributed by atoms with Crippen molar-refractivity contribution in [3.05, 3.63) is 41.6 Å². The van der Waals surface area contributed by atoms with Crippen LogP contribution >= 0.6 is 0 Å². The van der Waals surface area contributed by atoms with Gasteiger partial charge in [0, 0.05) is 12.7 Å². The van der Waals surface area contributed by atoms with E-state index in [2.05, 4.69) is 10.2 Å². The predicted octanol–water partition coefficient (Wildman–Crippen LogP) is 2.18. The van der Waals surface area contributed by atoms with Crippen LogP contribution in [0.5, 0.6) is 5.75 Å². The quantitative estimate of drug-likeness (QED) is 0.510. The zero-order valence-electron chi connectivity index (χ0n) is 13.9. The largest absolute Gasteiger partial charge is 0.485 e. The molecule has 2 aliphatic heterocycles. The third-order valence-electron chi connectivity index (χ3n) is 4.53. The third-order valence-corrected chi connectivity index (χ3v) is 4.53. The minimum Gasteiger partial charge on any atom is -0.485 e. The van der Waals surface area contributed by atoms with Gasteiger partial charge in [0.15, 0.2) is 6.61 Å². The molecular formula is C19H24N2O3. The van der Waals surface area contributed by atoms with Crippen LogP contribution < -0.4 is 10.1 Å². The van der Waals surface area contributed by atoms with Crippen LogP contribution in [0.1, 0.15) is 36.0 Å². The Hall–Kier alpha value is -2.14. The van der Waals surface area contributed by atoms with Gasteiger partial charge in [0.2, 0.25) is 11.6 Å². The molecule has 1 saturated heterocycles. The first-order valence-corrected chi connectivity index (χ1v) is 8.71. The van der Waals surface area contributed by atoms with E-state index < -0.39 is 0 Å². The van der Waals surface area contributed by atoms with Crippen molar-refractivity contribution >= 4 is 11.6 Å². The second-order valence-electron chi connectivity index (χ2n) is 6.31. The fraction of sp³-hybridized carbons (Fsp3) is 0.474. The van der Waals surface area contributed by atoms with E-state index in [1.165, 1.54) is 32.4 Å². The molecule has 0 amide bonds. The molecule has 1 fully saturated rings. The molecule has 2 aliphatic rings. The summed E-state index contributed by atoms with van der Waals surface area (Å²) in [6, 6.07) is 6.99. The van der Waals surface area contributed by atoms with Gasteiger partial charge in [-0.1, -0.05) is 18.6 Å². The summed E-state index contributed by atoms with van der Waals surface area (Å²) in [5.41, 5.74) is 0.627. The topological polar surface area (TPSA) is 58.6 Å². The molecule has 0 bridgehead atoms. The molecule has 1 N–H and O–H groups in total. The van der Waals surface area contributed by atoms with Gasteiger partial charge in [0.25, 0.3) is 0 Å². The highest BCUT2D eigenvalue weighted by molar-refractivity contribution is 6.28. The molecule has 2 heterocycles. The average molecular weight is 328 g/mol. The van der Waals surface area contributed by atoms with Crippen molar-refractivity contribution in [1.29, 1.82) is 0 Å². The van der Waals surface area contributed by atoms with E-state index in [1.807, 2.05) is 0 Å². The summed E-state index contributed by atoms with van der Waals surface area (Å²) in [5.74, 6) is -0.0688. The summed E-state index contributed by atoms with van der Waals surface area (Å²) in [5, 5.41) is 3.13. The van der Waals surface area contributed by atoms with Crippen LogP contribution in [-0.2, 0) is 4.79 Å². The first-order chi connectivity index (χ1) is 11.8. The lowest BCUT2D eigenvalue weighted by Gasteiger charge is -2.26. The molecule has 5 heteroatoms. The van der Waals surface area contributed by atoms with E-state index in [1.54, 1.807) is 30.5 Å². The molecule has 0 saturated carbocycles. The number of piperidine rings is 1. The van der Waals surface area contributed by atoms with E-state index >= 15 is 0 Å². The van der Waals surface area contributed by atoms with Crippen molar-refractivity contribution < 1.29 is 14.3 Å². The van der Waals surface area contributed by atoms with Crippen molar-refractivity contribution in [2.24, 2.45) is 0 Å². The number of hydrogen-bond acceptors (Lipinski definition) is 5. The molecule has 5 nitrogen and oxygen atoms in total. The summed E-state index contributed by atoms with van der Waals surface area (Å²) in [6.45, 7) is 4.09. The molecule has 0 aromatic heterocycles. The Balaban J connectivity index is 1.55. The predicted molar refractivity (Wildman–Crippen MR) is 92.3 cm³/mol. The molecule has 1 aromatic rings. The van der Waals surface area contributed by atoms with Crippen LogP contribution in [0.15, 0.2) is 36.0 Å². The molecular weight excluding hydrogens is 304 g/mol. The Kier molecular flexibility index (Phi) is 5.64. The Morgan fingerprint density at radius 1 is 1.12 bits per heavy atom. The van der Waals surface area contributed by atoms with Crippen molar-refractivity contribution in [2.75, 3.05) is 32.8 Å². The van der Waals surface area contributed by atoms with Gasteiger partial charge in [-0.05, 0) is 51.0 Å². The molecule has 1 aromatic carbocycles. The zero-order valence-corrected chi connectivity index (χ0v) is 13.9. The lowest BCUT2D eigenvalue weighted by Crippen LogP contribution is -2.31. The SMILES string of the molecule is O=C1COc2ccccc2C(=O)C1=CNCCCN1CCCCC1. The van der Waals surface area contributed by atoms with Gasteiger partial charge >= 0.3 is 0 Å². The maximum Gasteiger partial charge on any atom is 0.205 e. The van der Waals surface area contributed by atoms with Gasteiger partial charge in [-0.3, -0.25) is 9.59 Å². The molecule has 128 valence electrons. The van der Waals surface area contributed by atoms with Gasteiger partial charge in [-0.15, -0.1) is 0 Å². The maximum atomic E-state index is 12.5. The molecule has 24 heavy (non-hydrogen) atoms. The van der Waals surface area contributed by atoms with Crippen LogP contribution in [0, 0.1) is 0 Å². The summed E-state index contributed by atoms with van der Waals surface area (Å²) in [7, 11) is 0. The van der Waals surface area contributed by atoms with E-state index in [0.29, 0.717) is 11.3 Å². The monoisotopic (exact) mass is 328 g/mol. The average Bonchev–Trinajstić information content (AvgIpc) is 2.74. The highest BCUT2D eigenvalue weighted by Crippen LogP contribution is 2.24. The number of likely N-dealkylation sites (tertiary alicyclic amines) is 1. The molecule has 0 unspecified atom stereocenters. The number of benzene rings is 1. The number of ketones is 2. The molecule has 0 atom stereocenters. The minimum absolute atomic E-state index is 0.0932. The van der Waals surface area contributed by atoms with Crippen LogP contribution in [0.25, 0.3) is 0 Å². The fourth-order valence-corrected chi connectivity index (χ4v) is 3.18. The Morgan fingerprint density at radius 3 is 2.75 bits per heavy atom. The summed E-state index contributed by atoms with van der Waals surface area (Å²) < 4.78 is 5.42. The van der Waals surface area contributed by atoms with E-state index in [0.717, 1.165) is 19.5 Å². The minimum atomic E-state index is -0.278. The molecule has 0 aliphatic carbocycles. The highest BCUT2D eigenvalue weighted by Gasteiger charge is 2.26. The van der Waals surface area contributed by atoms with Gasteiger partial charge < -0.3 is 15.0 Å². The van der Waals surface area contributed by atoms with Crippen molar-refractivity contribution in [1.82, 2.24) is 10.2 Å². The second-order valence-corrected chi connectivity index (χ2v) is 6.31. The van der Waals surface area contributed by atoms with Gasteiger partial charge in [-0.2, -0.15) is 0 Å². The first kappa shape index (κ1) is 16.7. The second kappa shape index (κ2) is 8.11. The number of nitrogens with one attached hydrogen (secondary N) is 1. The van der Waals surface area contributed by atoms with E-state index in [9.17, 15) is 9.59 Å². The van der Waals surface area contributed by atoms with E-state index in [4.69, 9.17) is 4.74 Å². The fourth-order valence-electron chi connectivity index (χ4n) is 3.18. The number of hydrogen-bond donors (Lipinski definition) is 1.